The van der Waals surface area contributed by atoms with E-state index in [4.69, 9.17) is 27.9 Å². The first-order chi connectivity index (χ1) is 20.1. The van der Waals surface area contributed by atoms with Crippen LogP contribution in [0.5, 0.6) is 0 Å². The normalized spacial score (nSPS) is 26.5. The molecule has 3 aromatic rings. The van der Waals surface area contributed by atoms with Gasteiger partial charge in [-0.05, 0) is 55.2 Å². The lowest BCUT2D eigenvalue weighted by Gasteiger charge is -2.40. The van der Waals surface area contributed by atoms with Crippen LogP contribution in [0.2, 0.25) is 9.36 Å². The molecule has 0 unspecified atom stereocenters. The number of nitrogens with zero attached hydrogens (tertiary/aromatic N) is 3. The van der Waals surface area contributed by atoms with Crippen LogP contribution in [-0.2, 0) is 19.9 Å². The molecule has 2 amide bonds. The third kappa shape index (κ3) is 3.90. The Morgan fingerprint density at radius 3 is 2.62 bits per heavy atom. The number of hydrogen-bond donors (Lipinski definition) is 1. The van der Waals surface area contributed by atoms with Gasteiger partial charge < -0.3 is 15.0 Å². The second kappa shape index (κ2) is 9.77. The van der Waals surface area contributed by atoms with Crippen molar-refractivity contribution < 1.29 is 24.0 Å². The Kier molecular flexibility index (Phi) is 6.36. The zero-order valence-electron chi connectivity index (χ0n) is 22.2. The van der Waals surface area contributed by atoms with Crippen molar-refractivity contribution in [1.29, 1.82) is 0 Å². The molecular formula is C29H24Cl2N4O6S. The number of esters is 1. The molecule has 7 rings (SSSR count). The van der Waals surface area contributed by atoms with Crippen molar-refractivity contribution >= 4 is 69.4 Å². The number of methoxy groups -OCH3 is 1. The summed E-state index contributed by atoms with van der Waals surface area (Å²) in [6.07, 6.45) is 2.04. The van der Waals surface area contributed by atoms with Crippen LogP contribution < -0.4 is 10.2 Å². The summed E-state index contributed by atoms with van der Waals surface area (Å²) < 4.78 is 5.27. The largest absolute Gasteiger partial charge is 0.465 e. The number of likely N-dealkylation sites (tertiary alicyclic amines) is 1. The van der Waals surface area contributed by atoms with Gasteiger partial charge in [0.05, 0.1) is 27.9 Å². The Morgan fingerprint density at radius 1 is 1.17 bits per heavy atom. The van der Waals surface area contributed by atoms with Gasteiger partial charge in [-0.1, -0.05) is 29.3 Å². The molecule has 1 saturated carbocycles. The molecule has 1 aliphatic carbocycles. The minimum Gasteiger partial charge on any atom is -0.465 e. The van der Waals surface area contributed by atoms with E-state index in [0.29, 0.717) is 27.5 Å². The first-order valence-corrected chi connectivity index (χ1v) is 15.0. The highest BCUT2D eigenvalue weighted by atomic mass is 35.5. The third-order valence-corrected chi connectivity index (χ3v) is 10.5. The van der Waals surface area contributed by atoms with Crippen LogP contribution in [0.25, 0.3) is 0 Å². The molecule has 3 aliphatic heterocycles. The topological polar surface area (TPSA) is 122 Å². The average Bonchev–Trinajstić information content (AvgIpc) is 3.36. The van der Waals surface area contributed by atoms with Crippen molar-refractivity contribution in [3.63, 3.8) is 0 Å². The summed E-state index contributed by atoms with van der Waals surface area (Å²) in [4.78, 5) is 56.8. The van der Waals surface area contributed by atoms with Gasteiger partial charge in [0.1, 0.15) is 11.2 Å². The first-order valence-electron chi connectivity index (χ1n) is 13.5. The van der Waals surface area contributed by atoms with Crippen molar-refractivity contribution in [3.8, 4) is 0 Å². The van der Waals surface area contributed by atoms with E-state index in [2.05, 4.69) is 10.2 Å². The smallest absolute Gasteiger partial charge is 0.338 e. The summed E-state index contributed by atoms with van der Waals surface area (Å²) in [5, 5.41) is 15.7. The summed E-state index contributed by atoms with van der Waals surface area (Å²) in [7, 11) is 1.19. The molecule has 2 saturated heterocycles. The molecular weight excluding hydrogens is 603 g/mol. The number of halogens is 2. The number of hydrogen-bond acceptors (Lipinski definition) is 8. The highest BCUT2D eigenvalue weighted by molar-refractivity contribution is 7.16. The number of nitro benzene ring substituents is 1. The average molecular weight is 628 g/mol. The molecule has 216 valence electrons. The molecule has 1 N–H and O–H groups in total. The molecule has 0 radical (unpaired) electrons. The van der Waals surface area contributed by atoms with Crippen LogP contribution in [-0.4, -0.2) is 53.8 Å². The third-order valence-electron chi connectivity index (χ3n) is 8.92. The van der Waals surface area contributed by atoms with Crippen molar-refractivity contribution in [1.82, 2.24) is 4.90 Å². The van der Waals surface area contributed by atoms with Gasteiger partial charge in [-0.15, -0.1) is 11.3 Å². The first kappa shape index (κ1) is 27.3. The molecule has 42 heavy (non-hydrogen) atoms. The Hall–Kier alpha value is -3.51. The van der Waals surface area contributed by atoms with Crippen LogP contribution in [0.4, 0.5) is 17.1 Å². The minimum absolute atomic E-state index is 0.0121. The second-order valence-electron chi connectivity index (χ2n) is 11.1. The molecule has 1 aromatic heterocycles. The van der Waals surface area contributed by atoms with E-state index in [0.717, 1.165) is 29.3 Å². The predicted octanol–water partition coefficient (Wildman–Crippen LogP) is 5.44. The van der Waals surface area contributed by atoms with E-state index in [-0.39, 0.29) is 35.3 Å². The Morgan fingerprint density at radius 2 is 1.95 bits per heavy atom. The number of nitro groups is 1. The molecule has 4 aliphatic rings. The number of amides is 2. The number of nitrogens with one attached hydrogen (secondary N) is 1. The zero-order chi connectivity index (χ0) is 29.5. The maximum atomic E-state index is 14.5. The molecule has 3 fully saturated rings. The summed E-state index contributed by atoms with van der Waals surface area (Å²) >= 11 is 14.1. The molecule has 4 atom stereocenters. The lowest BCUT2D eigenvalue weighted by Crippen LogP contribution is -2.54. The number of benzene rings is 2. The molecule has 0 bridgehead atoms. The van der Waals surface area contributed by atoms with Crippen molar-refractivity contribution in [2.24, 2.45) is 11.8 Å². The Labute approximate surface area is 254 Å². The highest BCUT2D eigenvalue weighted by Gasteiger charge is 2.71. The monoisotopic (exact) mass is 626 g/mol. The van der Waals surface area contributed by atoms with Crippen LogP contribution in [0, 0.1) is 22.0 Å². The Bertz CT molecular complexity index is 1690. The van der Waals surface area contributed by atoms with Crippen LogP contribution in [0.1, 0.15) is 39.6 Å². The fourth-order valence-corrected chi connectivity index (χ4v) is 8.52. The van der Waals surface area contributed by atoms with Gasteiger partial charge in [-0.3, -0.25) is 24.6 Å². The quantitative estimate of drug-likeness (QED) is 0.220. The van der Waals surface area contributed by atoms with E-state index in [1.54, 1.807) is 18.2 Å². The number of ether oxygens (including phenoxy) is 1. The minimum atomic E-state index is -1.19. The molecule has 4 heterocycles. The standard InChI is InChI=1S/C29H24Cl2N4O6S/c1-41-27(37)15-4-7-19(20(10-15)35(39)40)33-13-21-24(26(33)36)25(22-8-9-23(31)42-22)29(34(21)12-14-2-3-14)17-6-5-16(30)11-18(17)32-28(29)38/h4-11,14,21,24-25H,2-3,12-13H2,1H3,(H,32,38)/t21-,24+,25-,29+/m0/s1. The summed E-state index contributed by atoms with van der Waals surface area (Å²) in [5.41, 5.74) is -0.0804. The molecule has 1 spiro atoms. The van der Waals surface area contributed by atoms with Crippen molar-refractivity contribution in [2.45, 2.75) is 30.3 Å². The Balaban J connectivity index is 1.40. The lowest BCUT2D eigenvalue weighted by molar-refractivity contribution is -0.384. The van der Waals surface area contributed by atoms with Gasteiger partial charge in [0.15, 0.2) is 0 Å². The van der Waals surface area contributed by atoms with Gasteiger partial charge in [-0.2, -0.15) is 0 Å². The SMILES string of the molecule is COC(=O)c1ccc(N2C[C@H]3[C@@H](C2=O)[C@H](c2ccc(Cl)s2)[C@]2(C(=O)Nc4cc(Cl)ccc42)N3CC2CC2)c([N+](=O)[O-])c1. The maximum Gasteiger partial charge on any atom is 0.338 e. The van der Waals surface area contributed by atoms with Crippen molar-refractivity contribution in [2.75, 3.05) is 30.4 Å². The summed E-state index contributed by atoms with van der Waals surface area (Å²) in [5.74, 6) is -2.19. The van der Waals surface area contributed by atoms with Crippen LogP contribution >= 0.6 is 34.5 Å². The van der Waals surface area contributed by atoms with E-state index >= 15 is 0 Å². The number of carbonyl (C=O) groups excluding carboxylic acids is 3. The number of anilines is 2. The fraction of sp³-hybridized carbons (Fsp3) is 0.345. The molecule has 13 heteroatoms. The maximum absolute atomic E-state index is 14.5. The van der Waals surface area contributed by atoms with E-state index in [9.17, 15) is 24.5 Å². The summed E-state index contributed by atoms with van der Waals surface area (Å²) in [6.45, 7) is 0.735. The van der Waals surface area contributed by atoms with E-state index < -0.39 is 34.3 Å². The second-order valence-corrected chi connectivity index (χ2v) is 13.3. The van der Waals surface area contributed by atoms with Gasteiger partial charge in [0.2, 0.25) is 11.8 Å². The van der Waals surface area contributed by atoms with Gasteiger partial charge >= 0.3 is 5.97 Å². The number of fused-ring (bicyclic) bond motifs is 3. The lowest BCUT2D eigenvalue weighted by atomic mass is 9.74. The van der Waals surface area contributed by atoms with Gasteiger partial charge in [0.25, 0.3) is 5.69 Å². The number of carbonyl (C=O) groups is 3. The summed E-state index contributed by atoms with van der Waals surface area (Å²) in [6, 6.07) is 12.5. The van der Waals surface area contributed by atoms with Crippen LogP contribution in [0.15, 0.2) is 48.5 Å². The fourth-order valence-electron chi connectivity index (χ4n) is 7.07. The van der Waals surface area contributed by atoms with E-state index in [1.807, 2.05) is 12.1 Å². The highest BCUT2D eigenvalue weighted by Crippen LogP contribution is 2.63. The van der Waals surface area contributed by atoms with E-state index in [1.165, 1.54) is 35.5 Å². The number of thiophene rings is 1. The zero-order valence-corrected chi connectivity index (χ0v) is 24.5. The van der Waals surface area contributed by atoms with Gasteiger partial charge in [0, 0.05) is 52.3 Å². The number of rotatable bonds is 6. The predicted molar refractivity (Wildman–Crippen MR) is 157 cm³/mol. The molecule has 10 nitrogen and oxygen atoms in total. The van der Waals surface area contributed by atoms with Crippen LogP contribution in [0.3, 0.4) is 0 Å². The molecule has 2 aromatic carbocycles. The van der Waals surface area contributed by atoms with Crippen molar-refractivity contribution in [3.05, 3.63) is 84.0 Å². The van der Waals surface area contributed by atoms with Gasteiger partial charge in [-0.25, -0.2) is 4.79 Å².